The predicted molar refractivity (Wildman–Crippen MR) is 126 cm³/mol. The van der Waals surface area contributed by atoms with Crippen molar-refractivity contribution in [3.63, 3.8) is 0 Å². The lowest BCUT2D eigenvalue weighted by molar-refractivity contribution is -0.139. The standard InChI is InChI=1S/C25H21NO6S/c1-2-31-21-12-16(8-10-20(21)32-15-23(27)28)13-22-24(29)26(25(30)33-22)14-17-7-9-18-5-3-4-6-19(18)11-17/h3-13H,2,14-15H2,1H3,(H,27,28)/b22-13-. The Labute approximate surface area is 194 Å². The number of carboxylic acids is 1. The molecule has 0 radical (unpaired) electrons. The van der Waals surface area contributed by atoms with Crippen LogP contribution in [-0.4, -0.2) is 40.3 Å². The molecule has 1 heterocycles. The van der Waals surface area contributed by atoms with Gasteiger partial charge in [0, 0.05) is 0 Å². The number of hydrogen-bond acceptors (Lipinski definition) is 6. The number of carbonyl (C=O) groups excluding carboxylic acids is 2. The van der Waals surface area contributed by atoms with E-state index in [0.717, 1.165) is 28.1 Å². The molecule has 1 saturated heterocycles. The number of hydrogen-bond donors (Lipinski definition) is 1. The number of imide groups is 1. The van der Waals surface area contributed by atoms with Crippen molar-refractivity contribution in [3.8, 4) is 11.5 Å². The maximum Gasteiger partial charge on any atom is 0.341 e. The van der Waals surface area contributed by atoms with Gasteiger partial charge in [0.05, 0.1) is 18.1 Å². The Morgan fingerprint density at radius 3 is 2.55 bits per heavy atom. The first-order chi connectivity index (χ1) is 15.9. The minimum Gasteiger partial charge on any atom is -0.490 e. The van der Waals surface area contributed by atoms with E-state index in [1.165, 1.54) is 4.90 Å². The van der Waals surface area contributed by atoms with Gasteiger partial charge in [0.2, 0.25) is 0 Å². The third-order valence-corrected chi connectivity index (χ3v) is 5.85. The van der Waals surface area contributed by atoms with Crippen LogP contribution in [0.4, 0.5) is 4.79 Å². The van der Waals surface area contributed by atoms with E-state index in [4.69, 9.17) is 14.6 Å². The molecule has 0 saturated carbocycles. The molecule has 0 bridgehead atoms. The molecule has 1 aliphatic rings. The van der Waals surface area contributed by atoms with Crippen LogP contribution in [0.2, 0.25) is 0 Å². The zero-order valence-corrected chi connectivity index (χ0v) is 18.6. The second-order valence-corrected chi connectivity index (χ2v) is 8.26. The molecule has 2 amide bonds. The van der Waals surface area contributed by atoms with E-state index in [1.54, 1.807) is 31.2 Å². The van der Waals surface area contributed by atoms with Crippen molar-refractivity contribution >= 4 is 45.7 Å². The Morgan fingerprint density at radius 1 is 1.00 bits per heavy atom. The molecule has 0 aromatic heterocycles. The summed E-state index contributed by atoms with van der Waals surface area (Å²) in [6.07, 6.45) is 1.62. The fourth-order valence-electron chi connectivity index (χ4n) is 3.45. The molecule has 33 heavy (non-hydrogen) atoms. The number of benzene rings is 3. The summed E-state index contributed by atoms with van der Waals surface area (Å²) < 4.78 is 10.8. The van der Waals surface area contributed by atoms with E-state index < -0.39 is 12.6 Å². The van der Waals surface area contributed by atoms with Gasteiger partial charge < -0.3 is 14.6 Å². The summed E-state index contributed by atoms with van der Waals surface area (Å²) in [6.45, 7) is 1.85. The fraction of sp³-hybridized carbons (Fsp3) is 0.160. The molecule has 1 aliphatic heterocycles. The zero-order valence-electron chi connectivity index (χ0n) is 17.8. The smallest absolute Gasteiger partial charge is 0.341 e. The van der Waals surface area contributed by atoms with Gasteiger partial charge >= 0.3 is 5.97 Å². The van der Waals surface area contributed by atoms with Gasteiger partial charge in [-0.2, -0.15) is 0 Å². The van der Waals surface area contributed by atoms with Gasteiger partial charge in [0.1, 0.15) is 0 Å². The van der Waals surface area contributed by atoms with Crippen molar-refractivity contribution in [1.82, 2.24) is 4.90 Å². The number of ether oxygens (including phenoxy) is 2. The summed E-state index contributed by atoms with van der Waals surface area (Å²) in [5.74, 6) is -0.798. The molecule has 3 aromatic carbocycles. The Morgan fingerprint density at radius 2 is 1.79 bits per heavy atom. The number of thioether (sulfide) groups is 1. The summed E-state index contributed by atoms with van der Waals surface area (Å²) in [5, 5.41) is 10.6. The highest BCUT2D eigenvalue weighted by atomic mass is 32.2. The lowest BCUT2D eigenvalue weighted by Crippen LogP contribution is -2.27. The number of rotatable bonds is 8. The third-order valence-electron chi connectivity index (χ3n) is 4.94. The number of carboxylic acid groups (broad SMARTS) is 1. The Balaban J connectivity index is 1.54. The normalized spacial score (nSPS) is 14.8. The zero-order chi connectivity index (χ0) is 23.4. The number of aliphatic carboxylic acids is 1. The van der Waals surface area contributed by atoms with Gasteiger partial charge in [-0.15, -0.1) is 0 Å². The summed E-state index contributed by atoms with van der Waals surface area (Å²) in [4.78, 5) is 37.8. The highest BCUT2D eigenvalue weighted by Crippen LogP contribution is 2.35. The summed E-state index contributed by atoms with van der Waals surface area (Å²) >= 11 is 0.886. The summed E-state index contributed by atoms with van der Waals surface area (Å²) in [6, 6.07) is 18.7. The number of nitrogens with zero attached hydrogens (tertiary/aromatic N) is 1. The van der Waals surface area contributed by atoms with E-state index >= 15 is 0 Å². The van der Waals surface area contributed by atoms with Crippen LogP contribution < -0.4 is 9.47 Å². The van der Waals surface area contributed by atoms with Crippen LogP contribution in [0.15, 0.2) is 65.6 Å². The fourth-order valence-corrected chi connectivity index (χ4v) is 4.29. The first-order valence-corrected chi connectivity index (χ1v) is 11.1. The lowest BCUT2D eigenvalue weighted by Gasteiger charge is -2.13. The topological polar surface area (TPSA) is 93.1 Å². The summed E-state index contributed by atoms with van der Waals surface area (Å²) in [7, 11) is 0. The first-order valence-electron chi connectivity index (χ1n) is 10.3. The Bertz CT molecular complexity index is 1270. The van der Waals surface area contributed by atoms with E-state index in [9.17, 15) is 14.4 Å². The molecule has 0 atom stereocenters. The number of carbonyl (C=O) groups is 3. The van der Waals surface area contributed by atoms with Crippen LogP contribution in [-0.2, 0) is 16.1 Å². The average Bonchev–Trinajstić information content (AvgIpc) is 3.06. The van der Waals surface area contributed by atoms with Crippen LogP contribution in [0, 0.1) is 0 Å². The highest BCUT2D eigenvalue weighted by Gasteiger charge is 2.35. The van der Waals surface area contributed by atoms with Crippen molar-refractivity contribution in [3.05, 3.63) is 76.7 Å². The maximum atomic E-state index is 12.9. The lowest BCUT2D eigenvalue weighted by atomic mass is 10.1. The molecule has 7 nitrogen and oxygen atoms in total. The largest absolute Gasteiger partial charge is 0.490 e. The van der Waals surface area contributed by atoms with Crippen LogP contribution >= 0.6 is 11.8 Å². The van der Waals surface area contributed by atoms with Crippen molar-refractivity contribution < 1.29 is 29.0 Å². The van der Waals surface area contributed by atoms with Gasteiger partial charge in [0.25, 0.3) is 11.1 Å². The molecular formula is C25H21NO6S. The molecule has 1 N–H and O–H groups in total. The van der Waals surface area contributed by atoms with Crippen LogP contribution in [0.1, 0.15) is 18.1 Å². The molecule has 0 aliphatic carbocycles. The molecule has 0 spiro atoms. The van der Waals surface area contributed by atoms with Crippen LogP contribution in [0.5, 0.6) is 11.5 Å². The Hall–Kier alpha value is -3.78. The predicted octanol–water partition coefficient (Wildman–Crippen LogP) is 4.94. The SMILES string of the molecule is CCOc1cc(/C=C2\SC(=O)N(Cc3ccc4ccccc4c3)C2=O)ccc1OCC(=O)O. The first kappa shape index (κ1) is 22.4. The summed E-state index contributed by atoms with van der Waals surface area (Å²) in [5.41, 5.74) is 1.51. The van der Waals surface area contributed by atoms with E-state index in [2.05, 4.69) is 0 Å². The molecule has 3 aromatic rings. The quantitative estimate of drug-likeness (QED) is 0.473. The molecule has 168 valence electrons. The second-order valence-electron chi connectivity index (χ2n) is 7.27. The molecule has 8 heteroatoms. The second kappa shape index (κ2) is 9.79. The molecule has 0 unspecified atom stereocenters. The maximum absolute atomic E-state index is 12.9. The number of amides is 2. The van der Waals surface area contributed by atoms with Gasteiger partial charge in [-0.25, -0.2) is 4.79 Å². The number of fused-ring (bicyclic) bond motifs is 1. The van der Waals surface area contributed by atoms with E-state index in [-0.39, 0.29) is 17.7 Å². The van der Waals surface area contributed by atoms with E-state index in [0.29, 0.717) is 28.6 Å². The van der Waals surface area contributed by atoms with Gasteiger partial charge in [0.15, 0.2) is 18.1 Å². The van der Waals surface area contributed by atoms with Gasteiger partial charge in [-0.05, 0) is 64.9 Å². The van der Waals surface area contributed by atoms with Crippen LogP contribution in [0.25, 0.3) is 16.8 Å². The average molecular weight is 464 g/mol. The van der Waals surface area contributed by atoms with Crippen molar-refractivity contribution in [2.45, 2.75) is 13.5 Å². The highest BCUT2D eigenvalue weighted by molar-refractivity contribution is 8.18. The van der Waals surface area contributed by atoms with Crippen molar-refractivity contribution in [1.29, 1.82) is 0 Å². The molecule has 4 rings (SSSR count). The van der Waals surface area contributed by atoms with E-state index in [1.807, 2.05) is 42.5 Å². The van der Waals surface area contributed by atoms with Gasteiger partial charge in [-0.3, -0.25) is 14.5 Å². The monoisotopic (exact) mass is 463 g/mol. The van der Waals surface area contributed by atoms with Crippen LogP contribution in [0.3, 0.4) is 0 Å². The van der Waals surface area contributed by atoms with Crippen molar-refractivity contribution in [2.75, 3.05) is 13.2 Å². The Kier molecular flexibility index (Phi) is 6.65. The molecule has 1 fully saturated rings. The van der Waals surface area contributed by atoms with Crippen molar-refractivity contribution in [2.24, 2.45) is 0 Å². The third kappa shape index (κ3) is 5.18. The minimum atomic E-state index is -1.10. The minimum absolute atomic E-state index is 0.193. The van der Waals surface area contributed by atoms with Gasteiger partial charge in [-0.1, -0.05) is 42.5 Å². The molecular weight excluding hydrogens is 442 g/mol.